The Balaban J connectivity index is 1.69. The summed E-state index contributed by atoms with van der Waals surface area (Å²) in [5.74, 6) is 1.71. The summed E-state index contributed by atoms with van der Waals surface area (Å²) in [4.78, 5) is 9.95. The molecule has 0 radical (unpaired) electrons. The minimum Gasteiger partial charge on any atom is -0.399 e. The zero-order valence-electron chi connectivity index (χ0n) is 21.6. The predicted octanol–water partition coefficient (Wildman–Crippen LogP) is 1.02. The van der Waals surface area contributed by atoms with E-state index in [-0.39, 0.29) is 0 Å². The van der Waals surface area contributed by atoms with E-state index in [1.165, 1.54) is 0 Å². The first kappa shape index (κ1) is 25.2. The number of nitrogens with one attached hydrogen (secondary N) is 1. The maximum Gasteiger partial charge on any atom is 0.142 e. The van der Waals surface area contributed by atoms with Crippen LogP contribution in [-0.4, -0.2) is 48.7 Å². The van der Waals surface area contributed by atoms with Crippen molar-refractivity contribution in [1.82, 2.24) is 14.5 Å². The summed E-state index contributed by atoms with van der Waals surface area (Å²) < 4.78 is 2.09. The first-order valence-corrected chi connectivity index (χ1v) is 12.2. The van der Waals surface area contributed by atoms with Gasteiger partial charge in [-0.15, -0.1) is 12.6 Å². The van der Waals surface area contributed by atoms with E-state index in [2.05, 4.69) is 73.3 Å². The summed E-state index contributed by atoms with van der Waals surface area (Å²) in [7, 11) is 7.99. The molecular formula is C26H31B3N4OS. The summed E-state index contributed by atoms with van der Waals surface area (Å²) >= 11 is 4.83. The molecule has 5 nitrogen and oxygen atoms in total. The lowest BCUT2D eigenvalue weighted by Gasteiger charge is -2.26. The quantitative estimate of drug-likeness (QED) is 0.285. The Bertz CT molecular complexity index is 1440. The Morgan fingerprint density at radius 3 is 2.49 bits per heavy atom. The molecular weight excluding hydrogens is 449 g/mol. The third-order valence-corrected chi connectivity index (χ3v) is 7.44. The molecule has 0 spiro atoms. The molecule has 2 aromatic heterocycles. The average Bonchev–Trinajstić information content (AvgIpc) is 3.12. The van der Waals surface area contributed by atoms with Gasteiger partial charge in [-0.3, -0.25) is 0 Å². The van der Waals surface area contributed by atoms with E-state index >= 15 is 0 Å². The number of aromatic nitrogens is 3. The van der Waals surface area contributed by atoms with Crippen molar-refractivity contribution in [2.75, 3.05) is 5.32 Å². The third kappa shape index (κ3) is 4.93. The lowest BCUT2D eigenvalue weighted by Crippen LogP contribution is -2.34. The van der Waals surface area contributed by atoms with Crippen molar-refractivity contribution >= 4 is 69.4 Å². The molecule has 0 bridgehead atoms. The van der Waals surface area contributed by atoms with Crippen LogP contribution in [0.3, 0.4) is 0 Å². The van der Waals surface area contributed by atoms with E-state index in [9.17, 15) is 5.11 Å². The molecule has 0 amide bonds. The number of benzene rings is 2. The van der Waals surface area contributed by atoms with E-state index in [1.54, 1.807) is 0 Å². The van der Waals surface area contributed by atoms with Crippen LogP contribution in [-0.2, 0) is 13.5 Å². The molecule has 4 aromatic rings. The molecule has 176 valence electrons. The van der Waals surface area contributed by atoms with Gasteiger partial charge in [0.1, 0.15) is 35.2 Å². The summed E-state index contributed by atoms with van der Waals surface area (Å²) in [6.45, 7) is 10.3. The van der Waals surface area contributed by atoms with Crippen LogP contribution in [0, 0.1) is 13.8 Å². The Kier molecular flexibility index (Phi) is 6.69. The van der Waals surface area contributed by atoms with Gasteiger partial charge in [0.05, 0.1) is 11.9 Å². The van der Waals surface area contributed by atoms with Gasteiger partial charge >= 0.3 is 0 Å². The lowest BCUT2D eigenvalue weighted by atomic mass is 9.71. The molecule has 2 N–H and O–H groups in total. The van der Waals surface area contributed by atoms with Crippen molar-refractivity contribution in [1.29, 1.82) is 0 Å². The van der Waals surface area contributed by atoms with E-state index < -0.39 is 5.50 Å². The standard InChI is InChI=1S/C26H31B3N4OS/c1-13-22(24(28)25(35)19(23(13)27)10-26(4,29)34)14(2)32-21-9-18-8-16(6-7-17(18)11-31-21)20-12-30-15(3)33(20)5/h6-9,11-12,34-35H,2,10,27-29H2,1,3-5H3,(H,31,32). The largest absolute Gasteiger partial charge is 0.399 e. The van der Waals surface area contributed by atoms with Gasteiger partial charge in [0.15, 0.2) is 0 Å². The highest BCUT2D eigenvalue weighted by Crippen LogP contribution is 2.28. The fraction of sp³-hybridized carbons (Fsp3) is 0.231. The van der Waals surface area contributed by atoms with E-state index in [0.29, 0.717) is 6.42 Å². The van der Waals surface area contributed by atoms with Crippen LogP contribution in [0.15, 0.2) is 48.1 Å². The minimum absolute atomic E-state index is 0.546. The highest BCUT2D eigenvalue weighted by Gasteiger charge is 2.22. The Hall–Kier alpha value is -2.90. The smallest absolute Gasteiger partial charge is 0.142 e. The topological polar surface area (TPSA) is 63.0 Å². The molecule has 2 heterocycles. The number of anilines is 1. The van der Waals surface area contributed by atoms with Gasteiger partial charge in [-0.1, -0.05) is 29.6 Å². The fourth-order valence-electron chi connectivity index (χ4n) is 4.68. The van der Waals surface area contributed by atoms with Crippen LogP contribution in [0.2, 0.25) is 0 Å². The molecule has 0 saturated heterocycles. The van der Waals surface area contributed by atoms with Crippen LogP contribution in [0.4, 0.5) is 5.82 Å². The Labute approximate surface area is 215 Å². The van der Waals surface area contributed by atoms with Crippen molar-refractivity contribution in [2.24, 2.45) is 7.05 Å². The van der Waals surface area contributed by atoms with Gasteiger partial charge in [0, 0.05) is 40.3 Å². The number of imidazole rings is 1. The van der Waals surface area contributed by atoms with Gasteiger partial charge in [0.2, 0.25) is 0 Å². The van der Waals surface area contributed by atoms with Gasteiger partial charge in [0.25, 0.3) is 0 Å². The van der Waals surface area contributed by atoms with Crippen LogP contribution in [0.5, 0.6) is 0 Å². The van der Waals surface area contributed by atoms with Gasteiger partial charge < -0.3 is 15.0 Å². The molecule has 2 aromatic carbocycles. The Morgan fingerprint density at radius 1 is 1.14 bits per heavy atom. The maximum absolute atomic E-state index is 10.4. The number of hydrogen-bond donors (Lipinski definition) is 3. The third-order valence-electron chi connectivity index (χ3n) is 6.83. The van der Waals surface area contributed by atoms with Crippen LogP contribution >= 0.6 is 12.6 Å². The minimum atomic E-state index is -0.806. The highest BCUT2D eigenvalue weighted by atomic mass is 32.1. The molecule has 0 aliphatic carbocycles. The Morgan fingerprint density at radius 2 is 1.86 bits per heavy atom. The van der Waals surface area contributed by atoms with E-state index in [0.717, 1.165) is 71.9 Å². The van der Waals surface area contributed by atoms with Crippen LogP contribution in [0.1, 0.15) is 29.4 Å². The molecule has 0 aliphatic heterocycles. The molecule has 1 unspecified atom stereocenters. The zero-order valence-corrected chi connectivity index (χ0v) is 22.5. The van der Waals surface area contributed by atoms with E-state index in [1.807, 2.05) is 41.1 Å². The number of aryl methyl sites for hydroxylation is 1. The number of fused-ring (bicyclic) bond motifs is 1. The van der Waals surface area contributed by atoms with Gasteiger partial charge in [-0.25, -0.2) is 9.97 Å². The van der Waals surface area contributed by atoms with Crippen LogP contribution < -0.4 is 16.2 Å². The van der Waals surface area contributed by atoms with E-state index in [4.69, 9.17) is 12.6 Å². The number of aliphatic hydroxyl groups is 1. The van der Waals surface area contributed by atoms with Gasteiger partial charge in [-0.2, -0.15) is 0 Å². The van der Waals surface area contributed by atoms with Crippen molar-refractivity contribution in [2.45, 2.75) is 37.6 Å². The normalized spacial score (nSPS) is 13.1. The monoisotopic (exact) mass is 480 g/mol. The fourth-order valence-corrected chi connectivity index (χ4v) is 5.03. The lowest BCUT2D eigenvalue weighted by molar-refractivity contribution is 0.148. The first-order chi connectivity index (χ1) is 16.4. The molecule has 9 heteroatoms. The predicted molar refractivity (Wildman–Crippen MR) is 159 cm³/mol. The zero-order chi connectivity index (χ0) is 25.7. The molecule has 4 rings (SSSR count). The molecule has 0 fully saturated rings. The maximum atomic E-state index is 10.4. The van der Waals surface area contributed by atoms with Crippen molar-refractivity contribution < 1.29 is 5.11 Å². The number of rotatable bonds is 6. The number of pyridine rings is 1. The SMILES string of the molecule is Bc1c(C)c(C(=C)Nc2cc3cc(-c4cnc(C)n4C)ccc3cn2)c(B)c(S)c1CC(B)(C)O. The molecule has 0 saturated carbocycles. The summed E-state index contributed by atoms with van der Waals surface area (Å²) in [5, 5.41) is 16.0. The number of hydrogen-bond acceptors (Lipinski definition) is 5. The van der Waals surface area contributed by atoms with Crippen molar-refractivity contribution in [3.63, 3.8) is 0 Å². The first-order valence-electron chi connectivity index (χ1n) is 11.8. The summed E-state index contributed by atoms with van der Waals surface area (Å²) in [6, 6.07) is 8.41. The number of nitrogens with zero attached hydrogens (tertiary/aromatic N) is 3. The van der Waals surface area contributed by atoms with Crippen LogP contribution in [0.25, 0.3) is 27.7 Å². The second-order valence-electron chi connectivity index (χ2n) is 10.1. The molecule has 35 heavy (non-hydrogen) atoms. The molecule has 1 atom stereocenters. The van der Waals surface area contributed by atoms with Crippen molar-refractivity contribution in [3.8, 4) is 11.3 Å². The number of thiol groups is 1. The second kappa shape index (κ2) is 9.28. The van der Waals surface area contributed by atoms with Gasteiger partial charge in [-0.05, 0) is 61.4 Å². The summed E-state index contributed by atoms with van der Waals surface area (Å²) in [5.41, 5.74) is 7.58. The van der Waals surface area contributed by atoms with Crippen molar-refractivity contribution in [3.05, 3.63) is 65.8 Å². The molecule has 0 aliphatic rings. The highest BCUT2D eigenvalue weighted by molar-refractivity contribution is 7.80. The second-order valence-corrected chi connectivity index (χ2v) is 10.5. The summed E-state index contributed by atoms with van der Waals surface area (Å²) in [6.07, 6.45) is 4.33. The average molecular weight is 480 g/mol.